The number of nitrogens with two attached hydrogens (primary N) is 1. The van der Waals surface area contributed by atoms with Crippen LogP contribution in [0.15, 0.2) is 0 Å². The molecule has 1 aliphatic rings. The first-order valence-corrected chi connectivity index (χ1v) is 5.11. The van der Waals surface area contributed by atoms with Crippen molar-refractivity contribution in [2.45, 2.75) is 31.5 Å². The molecule has 6 nitrogen and oxygen atoms in total. The third-order valence-electron chi connectivity index (χ3n) is 2.19. The van der Waals surface area contributed by atoms with Gasteiger partial charge in [-0.3, -0.25) is 0 Å². The topological polar surface area (TPSA) is 94.2 Å². The lowest BCUT2D eigenvalue weighted by atomic mass is 10.1. The zero-order valence-corrected chi connectivity index (χ0v) is 8.83. The van der Waals surface area contributed by atoms with E-state index in [1.807, 2.05) is 0 Å². The molecule has 4 N–H and O–H groups in total. The molecule has 0 aliphatic carbocycles. The van der Waals surface area contributed by atoms with Crippen LogP contribution in [0.3, 0.4) is 0 Å². The molecule has 1 heterocycles. The molecule has 0 radical (unpaired) electrons. The number of aliphatic hydroxyl groups excluding tert-OH is 2. The second-order valence-corrected chi connectivity index (χ2v) is 3.34. The van der Waals surface area contributed by atoms with Gasteiger partial charge in [-0.25, -0.2) is 0 Å². The summed E-state index contributed by atoms with van der Waals surface area (Å²) in [6.07, 6.45) is -3.24. The van der Waals surface area contributed by atoms with Gasteiger partial charge in [-0.05, 0) is 6.92 Å². The van der Waals surface area contributed by atoms with E-state index in [1.54, 1.807) is 6.92 Å². The average Bonchev–Trinajstić information content (AvgIpc) is 2.23. The smallest absolute Gasteiger partial charge is 0.186 e. The van der Waals surface area contributed by atoms with Gasteiger partial charge in [-0.1, -0.05) is 0 Å². The summed E-state index contributed by atoms with van der Waals surface area (Å²) in [5.74, 6) is 0. The Kier molecular flexibility index (Phi) is 5.44. The maximum absolute atomic E-state index is 9.78. The molecule has 1 saturated heterocycles. The van der Waals surface area contributed by atoms with Crippen LogP contribution in [0.1, 0.15) is 6.92 Å². The van der Waals surface area contributed by atoms with Crippen molar-refractivity contribution in [2.75, 3.05) is 26.4 Å². The van der Waals surface area contributed by atoms with Gasteiger partial charge in [0, 0.05) is 13.2 Å². The van der Waals surface area contributed by atoms with E-state index in [0.717, 1.165) is 0 Å². The molecule has 0 spiro atoms. The van der Waals surface area contributed by atoms with E-state index in [-0.39, 0.29) is 6.61 Å². The van der Waals surface area contributed by atoms with Gasteiger partial charge in [-0.15, -0.1) is 0 Å². The van der Waals surface area contributed by atoms with Crippen molar-refractivity contribution in [3.8, 4) is 0 Å². The molecule has 0 amide bonds. The Labute approximate surface area is 88.9 Å². The van der Waals surface area contributed by atoms with Gasteiger partial charge >= 0.3 is 0 Å². The van der Waals surface area contributed by atoms with Crippen LogP contribution >= 0.6 is 0 Å². The SMILES string of the molecule is CCOC1C(O)COC(OCCN)C1O. The summed E-state index contributed by atoms with van der Waals surface area (Å²) in [4.78, 5) is 0. The lowest BCUT2D eigenvalue weighted by Gasteiger charge is -2.37. The van der Waals surface area contributed by atoms with Crippen molar-refractivity contribution in [3.05, 3.63) is 0 Å². The predicted molar refractivity (Wildman–Crippen MR) is 52.2 cm³/mol. The van der Waals surface area contributed by atoms with E-state index in [0.29, 0.717) is 19.8 Å². The lowest BCUT2D eigenvalue weighted by molar-refractivity contribution is -0.276. The Bertz CT molecular complexity index is 178. The first-order chi connectivity index (χ1) is 7.20. The molecule has 4 unspecified atom stereocenters. The van der Waals surface area contributed by atoms with E-state index in [4.69, 9.17) is 19.9 Å². The average molecular weight is 221 g/mol. The third kappa shape index (κ3) is 3.37. The van der Waals surface area contributed by atoms with Crippen LogP contribution < -0.4 is 5.73 Å². The van der Waals surface area contributed by atoms with Crippen LogP contribution in [-0.2, 0) is 14.2 Å². The van der Waals surface area contributed by atoms with E-state index < -0.39 is 24.6 Å². The molecule has 0 bridgehead atoms. The van der Waals surface area contributed by atoms with Gasteiger partial charge in [0.1, 0.15) is 18.3 Å². The van der Waals surface area contributed by atoms with Crippen molar-refractivity contribution < 1.29 is 24.4 Å². The van der Waals surface area contributed by atoms with Crippen LogP contribution in [0.4, 0.5) is 0 Å². The van der Waals surface area contributed by atoms with E-state index in [9.17, 15) is 10.2 Å². The molecule has 0 saturated carbocycles. The molecule has 6 heteroatoms. The normalized spacial score (nSPS) is 36.8. The maximum atomic E-state index is 9.78. The monoisotopic (exact) mass is 221 g/mol. The fourth-order valence-corrected chi connectivity index (χ4v) is 1.50. The van der Waals surface area contributed by atoms with E-state index >= 15 is 0 Å². The Morgan fingerprint density at radius 2 is 2.13 bits per heavy atom. The standard InChI is InChI=1S/C9H19NO5/c1-2-13-8-6(11)5-15-9(7(8)12)14-4-3-10/h6-9,11-12H,2-5,10H2,1H3. The van der Waals surface area contributed by atoms with Crippen molar-refractivity contribution in [1.29, 1.82) is 0 Å². The second-order valence-electron chi connectivity index (χ2n) is 3.34. The Morgan fingerprint density at radius 1 is 1.40 bits per heavy atom. The van der Waals surface area contributed by atoms with E-state index in [1.165, 1.54) is 0 Å². The van der Waals surface area contributed by atoms with Crippen LogP contribution in [0, 0.1) is 0 Å². The van der Waals surface area contributed by atoms with Crippen LogP contribution in [0.5, 0.6) is 0 Å². The molecule has 1 fully saturated rings. The molecule has 1 aliphatic heterocycles. The number of hydrogen-bond donors (Lipinski definition) is 3. The van der Waals surface area contributed by atoms with Crippen molar-refractivity contribution in [1.82, 2.24) is 0 Å². The quantitative estimate of drug-likeness (QED) is 0.520. The fraction of sp³-hybridized carbons (Fsp3) is 1.00. The molecule has 0 aromatic rings. The first kappa shape index (κ1) is 12.8. The molecule has 0 aromatic heterocycles. The largest absolute Gasteiger partial charge is 0.388 e. The first-order valence-electron chi connectivity index (χ1n) is 5.11. The summed E-state index contributed by atoms with van der Waals surface area (Å²) in [6.45, 7) is 2.97. The number of ether oxygens (including phenoxy) is 3. The molecule has 0 aromatic carbocycles. The predicted octanol–water partition coefficient (Wildman–Crippen LogP) is -1.56. The van der Waals surface area contributed by atoms with Gasteiger partial charge in [0.25, 0.3) is 0 Å². The minimum Gasteiger partial charge on any atom is -0.388 e. The minimum absolute atomic E-state index is 0.0942. The minimum atomic E-state index is -0.986. The highest BCUT2D eigenvalue weighted by atomic mass is 16.7. The number of rotatable bonds is 5. The van der Waals surface area contributed by atoms with Gasteiger partial charge < -0.3 is 30.2 Å². The summed E-state index contributed by atoms with van der Waals surface area (Å²) < 4.78 is 15.5. The highest BCUT2D eigenvalue weighted by molar-refractivity contribution is 4.84. The van der Waals surface area contributed by atoms with Gasteiger partial charge in [0.05, 0.1) is 13.2 Å². The molecular formula is C9H19NO5. The van der Waals surface area contributed by atoms with Crippen LogP contribution in [-0.4, -0.2) is 61.2 Å². The second kappa shape index (κ2) is 6.37. The zero-order valence-electron chi connectivity index (χ0n) is 8.83. The molecular weight excluding hydrogens is 202 g/mol. The zero-order chi connectivity index (χ0) is 11.3. The van der Waals surface area contributed by atoms with Crippen molar-refractivity contribution in [2.24, 2.45) is 5.73 Å². The highest BCUT2D eigenvalue weighted by Crippen LogP contribution is 2.19. The summed E-state index contributed by atoms with van der Waals surface area (Å²) >= 11 is 0. The maximum Gasteiger partial charge on any atom is 0.186 e. The molecule has 1 rings (SSSR count). The summed E-state index contributed by atoms with van der Waals surface area (Å²) in [7, 11) is 0. The highest BCUT2D eigenvalue weighted by Gasteiger charge is 2.39. The number of aliphatic hydroxyl groups is 2. The third-order valence-corrected chi connectivity index (χ3v) is 2.19. The molecule has 4 atom stereocenters. The summed E-state index contributed by atoms with van der Waals surface area (Å²) in [5.41, 5.74) is 5.27. The van der Waals surface area contributed by atoms with Gasteiger partial charge in [0.15, 0.2) is 6.29 Å². The van der Waals surface area contributed by atoms with Gasteiger partial charge in [0.2, 0.25) is 0 Å². The molecule has 15 heavy (non-hydrogen) atoms. The lowest BCUT2D eigenvalue weighted by Crippen LogP contribution is -2.55. The van der Waals surface area contributed by atoms with Crippen LogP contribution in [0.25, 0.3) is 0 Å². The van der Waals surface area contributed by atoms with Crippen molar-refractivity contribution >= 4 is 0 Å². The number of hydrogen-bond acceptors (Lipinski definition) is 6. The summed E-state index contributed by atoms with van der Waals surface area (Å²) in [6, 6.07) is 0. The van der Waals surface area contributed by atoms with Crippen molar-refractivity contribution in [3.63, 3.8) is 0 Å². The summed E-state index contributed by atoms with van der Waals surface area (Å²) in [5, 5.41) is 19.3. The van der Waals surface area contributed by atoms with Crippen LogP contribution in [0.2, 0.25) is 0 Å². The Morgan fingerprint density at radius 3 is 2.73 bits per heavy atom. The molecule has 90 valence electrons. The van der Waals surface area contributed by atoms with E-state index in [2.05, 4.69) is 0 Å². The fourth-order valence-electron chi connectivity index (χ4n) is 1.50. The Balaban J connectivity index is 2.47. The Hall–Kier alpha value is -0.240. The van der Waals surface area contributed by atoms with Gasteiger partial charge in [-0.2, -0.15) is 0 Å².